The van der Waals surface area contributed by atoms with E-state index in [4.69, 9.17) is 0 Å². The van der Waals surface area contributed by atoms with E-state index in [2.05, 4.69) is 33.6 Å². The lowest BCUT2D eigenvalue weighted by Crippen LogP contribution is -2.39. The number of alkyl halides is 3. The Balaban J connectivity index is 1.70. The Morgan fingerprint density at radius 3 is 2.48 bits per heavy atom. The summed E-state index contributed by atoms with van der Waals surface area (Å²) in [7, 11) is 0. The van der Waals surface area contributed by atoms with Crippen molar-refractivity contribution in [2.75, 3.05) is 24.4 Å². The zero-order chi connectivity index (χ0) is 19.7. The maximum atomic E-state index is 12.5. The van der Waals surface area contributed by atoms with Crippen molar-refractivity contribution in [1.82, 2.24) is 14.9 Å². The van der Waals surface area contributed by atoms with E-state index in [0.717, 1.165) is 23.1 Å². The highest BCUT2D eigenvalue weighted by Crippen LogP contribution is 2.38. The molecule has 9 heteroatoms. The van der Waals surface area contributed by atoms with Gasteiger partial charge in [0.2, 0.25) is 0 Å². The summed E-state index contributed by atoms with van der Waals surface area (Å²) in [6.07, 6.45) is 3.72. The Morgan fingerprint density at radius 2 is 1.85 bits per heavy atom. The average Bonchev–Trinajstić information content (AvgIpc) is 2.89. The molecule has 1 aromatic heterocycles. The first kappa shape index (κ1) is 20.3. The van der Waals surface area contributed by atoms with E-state index in [1.807, 2.05) is 12.3 Å². The van der Waals surface area contributed by atoms with Crippen molar-refractivity contribution in [2.24, 2.45) is 0 Å². The van der Waals surface area contributed by atoms with E-state index >= 15 is 0 Å². The summed E-state index contributed by atoms with van der Waals surface area (Å²) in [4.78, 5) is 13.4. The van der Waals surface area contributed by atoms with Crippen LogP contribution in [0.4, 0.5) is 18.9 Å². The van der Waals surface area contributed by atoms with Crippen LogP contribution in [0.15, 0.2) is 46.6 Å². The second kappa shape index (κ2) is 7.89. The average molecular weight is 415 g/mol. The van der Waals surface area contributed by atoms with Crippen LogP contribution in [0.5, 0.6) is 0 Å². The molecular weight excluding hydrogens is 393 g/mol. The van der Waals surface area contributed by atoms with Crippen molar-refractivity contribution >= 4 is 29.2 Å². The van der Waals surface area contributed by atoms with E-state index in [0.29, 0.717) is 13.2 Å². The fourth-order valence-corrected chi connectivity index (χ4v) is 3.98. The maximum Gasteiger partial charge on any atom is 0.446 e. The van der Waals surface area contributed by atoms with Gasteiger partial charge in [-0.1, -0.05) is 11.8 Å². The number of thioether (sulfide) groups is 2. The molecule has 146 valence electrons. The lowest BCUT2D eigenvalue weighted by molar-refractivity contribution is -0.0328. The van der Waals surface area contributed by atoms with Crippen molar-refractivity contribution in [2.45, 2.75) is 41.5 Å². The quantitative estimate of drug-likeness (QED) is 0.513. The van der Waals surface area contributed by atoms with E-state index < -0.39 is 5.51 Å². The van der Waals surface area contributed by atoms with Gasteiger partial charge in [-0.2, -0.15) is 13.2 Å². The molecule has 0 atom stereocenters. The fourth-order valence-electron chi connectivity index (χ4n) is 3.07. The highest BCUT2D eigenvalue weighted by atomic mass is 32.2. The molecule has 1 fully saturated rings. The Bertz CT molecular complexity index is 781. The Labute approximate surface area is 165 Å². The van der Waals surface area contributed by atoms with Crippen molar-refractivity contribution in [3.63, 3.8) is 0 Å². The third-order valence-corrected chi connectivity index (χ3v) is 5.74. The first-order valence-electron chi connectivity index (χ1n) is 8.38. The minimum Gasteiger partial charge on any atom is -0.357 e. The monoisotopic (exact) mass is 414 g/mol. The van der Waals surface area contributed by atoms with E-state index in [1.165, 1.54) is 23.9 Å². The molecule has 0 radical (unpaired) electrons. The van der Waals surface area contributed by atoms with E-state index in [9.17, 15) is 13.2 Å². The Hall–Kier alpha value is -1.45. The smallest absolute Gasteiger partial charge is 0.357 e. The SMILES string of the molecule is CSc1nccc(CN2CN(c3ccc(SC(F)(F)F)cc3)CC2(C)C)n1. The van der Waals surface area contributed by atoms with Crippen LogP contribution in [0, 0.1) is 0 Å². The van der Waals surface area contributed by atoms with Crippen molar-refractivity contribution in [3.05, 3.63) is 42.2 Å². The molecule has 0 unspecified atom stereocenters. The maximum absolute atomic E-state index is 12.5. The minimum atomic E-state index is -4.26. The Kier molecular flexibility index (Phi) is 5.93. The van der Waals surface area contributed by atoms with Crippen molar-refractivity contribution in [1.29, 1.82) is 0 Å². The van der Waals surface area contributed by atoms with Gasteiger partial charge in [-0.25, -0.2) is 9.97 Å². The number of anilines is 1. The molecule has 4 nitrogen and oxygen atoms in total. The molecule has 0 bridgehead atoms. The number of halogens is 3. The van der Waals surface area contributed by atoms with Gasteiger partial charge in [0.05, 0.1) is 12.4 Å². The highest BCUT2D eigenvalue weighted by Gasteiger charge is 2.37. The third kappa shape index (κ3) is 5.30. The predicted octanol–water partition coefficient (Wildman–Crippen LogP) is 4.87. The summed E-state index contributed by atoms with van der Waals surface area (Å²) in [6.45, 7) is 6.51. The van der Waals surface area contributed by atoms with Gasteiger partial charge in [-0.05, 0) is 62.2 Å². The number of rotatable bonds is 5. The molecule has 1 aromatic carbocycles. The van der Waals surface area contributed by atoms with Gasteiger partial charge in [0.25, 0.3) is 0 Å². The van der Waals surface area contributed by atoms with Crippen LogP contribution in [0.3, 0.4) is 0 Å². The van der Waals surface area contributed by atoms with Crippen LogP contribution < -0.4 is 4.90 Å². The van der Waals surface area contributed by atoms with Crippen LogP contribution in [-0.2, 0) is 6.54 Å². The number of benzene rings is 1. The normalized spacial score (nSPS) is 17.5. The summed E-state index contributed by atoms with van der Waals surface area (Å²) in [5, 5.41) is 0.749. The summed E-state index contributed by atoms with van der Waals surface area (Å²) in [5.41, 5.74) is -2.46. The predicted molar refractivity (Wildman–Crippen MR) is 104 cm³/mol. The van der Waals surface area contributed by atoms with E-state index in [1.54, 1.807) is 18.3 Å². The molecule has 0 amide bonds. The summed E-state index contributed by atoms with van der Waals surface area (Å²) >= 11 is 1.42. The van der Waals surface area contributed by atoms with Gasteiger partial charge in [0, 0.05) is 35.4 Å². The lowest BCUT2D eigenvalue weighted by atomic mass is 10.0. The summed E-state index contributed by atoms with van der Waals surface area (Å²) in [6, 6.07) is 8.48. The number of hydrogen-bond acceptors (Lipinski definition) is 6. The zero-order valence-electron chi connectivity index (χ0n) is 15.3. The van der Waals surface area contributed by atoms with Gasteiger partial charge < -0.3 is 4.90 Å². The summed E-state index contributed by atoms with van der Waals surface area (Å²) < 4.78 is 37.5. The molecular formula is C18H21F3N4S2. The van der Waals surface area contributed by atoms with Gasteiger partial charge >= 0.3 is 5.51 Å². The van der Waals surface area contributed by atoms with Gasteiger partial charge in [0.15, 0.2) is 5.16 Å². The standard InChI is InChI=1S/C18H21F3N4S2/c1-17(2)11-24(14-4-6-15(7-5-14)27-18(19,20)21)12-25(17)10-13-8-9-22-16(23-13)26-3/h4-9H,10-12H2,1-3H3. The fraction of sp³-hybridized carbons (Fsp3) is 0.444. The Morgan fingerprint density at radius 1 is 1.15 bits per heavy atom. The van der Waals surface area contributed by atoms with Gasteiger partial charge in [-0.15, -0.1) is 0 Å². The molecule has 1 aliphatic heterocycles. The number of hydrogen-bond donors (Lipinski definition) is 0. The first-order valence-corrected chi connectivity index (χ1v) is 10.4. The molecule has 2 heterocycles. The molecule has 1 aliphatic rings. The molecule has 0 aliphatic carbocycles. The van der Waals surface area contributed by atoms with Crippen LogP contribution in [0.2, 0.25) is 0 Å². The minimum absolute atomic E-state index is 0.0795. The molecule has 0 saturated carbocycles. The van der Waals surface area contributed by atoms with Crippen molar-refractivity contribution < 1.29 is 13.2 Å². The van der Waals surface area contributed by atoms with Gasteiger partial charge in [0.1, 0.15) is 0 Å². The third-order valence-electron chi connectivity index (χ3n) is 4.44. The second-order valence-corrected chi connectivity index (χ2v) is 8.84. The van der Waals surface area contributed by atoms with Crippen LogP contribution in [0.25, 0.3) is 0 Å². The first-order chi connectivity index (χ1) is 12.7. The zero-order valence-corrected chi connectivity index (χ0v) is 17.0. The lowest BCUT2D eigenvalue weighted by Gasteiger charge is -2.29. The largest absolute Gasteiger partial charge is 0.446 e. The molecule has 1 saturated heterocycles. The van der Waals surface area contributed by atoms with Crippen LogP contribution >= 0.6 is 23.5 Å². The second-order valence-electron chi connectivity index (χ2n) is 6.93. The molecule has 0 N–H and O–H groups in total. The van der Waals surface area contributed by atoms with Crippen LogP contribution in [0.1, 0.15) is 19.5 Å². The highest BCUT2D eigenvalue weighted by molar-refractivity contribution is 8.00. The summed E-state index contributed by atoms with van der Waals surface area (Å²) in [5.74, 6) is 0. The number of aromatic nitrogens is 2. The van der Waals surface area contributed by atoms with E-state index in [-0.39, 0.29) is 22.2 Å². The molecule has 3 rings (SSSR count). The molecule has 2 aromatic rings. The number of nitrogens with zero attached hydrogens (tertiary/aromatic N) is 4. The molecule has 0 spiro atoms. The van der Waals surface area contributed by atoms with Crippen molar-refractivity contribution in [3.8, 4) is 0 Å². The molecule has 27 heavy (non-hydrogen) atoms. The topological polar surface area (TPSA) is 32.3 Å². The van der Waals surface area contributed by atoms with Crippen LogP contribution in [-0.4, -0.2) is 45.4 Å². The van der Waals surface area contributed by atoms with Gasteiger partial charge in [-0.3, -0.25) is 4.90 Å².